The average Bonchev–Trinajstić information content (AvgIpc) is 2.30. The van der Waals surface area contributed by atoms with Gasteiger partial charge in [-0.05, 0) is 6.07 Å². The van der Waals surface area contributed by atoms with Crippen LogP contribution in [-0.4, -0.2) is 34.9 Å². The maximum absolute atomic E-state index is 13.5. The normalized spacial score (nSPS) is 12.4. The summed E-state index contributed by atoms with van der Waals surface area (Å²) in [6.45, 7) is 0.945. The second-order valence-electron chi connectivity index (χ2n) is 3.74. The molecule has 0 fully saturated rings. The van der Waals surface area contributed by atoms with Crippen LogP contribution in [0.3, 0.4) is 0 Å². The Hall–Kier alpha value is -0.930. The van der Waals surface area contributed by atoms with Crippen molar-refractivity contribution in [1.82, 2.24) is 0 Å². The van der Waals surface area contributed by atoms with Gasteiger partial charge in [-0.25, -0.2) is 25.6 Å². The second kappa shape index (κ2) is 6.23. The Labute approximate surface area is 119 Å². The first-order valence-electron chi connectivity index (χ1n) is 5.34. The van der Waals surface area contributed by atoms with Crippen molar-refractivity contribution in [1.29, 1.82) is 0 Å². The van der Waals surface area contributed by atoms with E-state index >= 15 is 0 Å². The van der Waals surface area contributed by atoms with Crippen LogP contribution in [-0.2, 0) is 18.9 Å². The van der Waals surface area contributed by atoms with Gasteiger partial charge in [-0.1, -0.05) is 6.92 Å². The SMILES string of the molecule is CCS(=O)(=O)CCOc1c(F)cc(F)cc1S(=O)(=O)Cl. The fourth-order valence-corrected chi connectivity index (χ4v) is 2.87. The average molecular weight is 349 g/mol. The molecule has 0 aliphatic heterocycles. The van der Waals surface area contributed by atoms with Crippen molar-refractivity contribution < 1.29 is 30.4 Å². The minimum Gasteiger partial charge on any atom is -0.488 e. The van der Waals surface area contributed by atoms with E-state index < -0.39 is 53.5 Å². The van der Waals surface area contributed by atoms with Crippen LogP contribution in [0.25, 0.3) is 0 Å². The lowest BCUT2D eigenvalue weighted by molar-refractivity contribution is 0.311. The van der Waals surface area contributed by atoms with Crippen LogP contribution in [0.4, 0.5) is 8.78 Å². The fourth-order valence-electron chi connectivity index (χ4n) is 1.27. The molecule has 0 spiro atoms. The molecular weight excluding hydrogens is 338 g/mol. The number of halogens is 3. The third kappa shape index (κ3) is 4.57. The Bertz CT molecular complexity index is 701. The highest BCUT2D eigenvalue weighted by atomic mass is 35.7. The third-order valence-electron chi connectivity index (χ3n) is 2.32. The van der Waals surface area contributed by atoms with E-state index in [0.717, 1.165) is 0 Å². The van der Waals surface area contributed by atoms with Gasteiger partial charge in [-0.2, -0.15) is 0 Å². The molecule has 0 aliphatic carbocycles. The lowest BCUT2D eigenvalue weighted by Crippen LogP contribution is -2.16. The molecule has 5 nitrogen and oxygen atoms in total. The van der Waals surface area contributed by atoms with Crippen LogP contribution in [0, 0.1) is 11.6 Å². The molecule has 0 heterocycles. The maximum Gasteiger partial charge on any atom is 0.265 e. The quantitative estimate of drug-likeness (QED) is 0.731. The molecule has 0 aliphatic rings. The summed E-state index contributed by atoms with van der Waals surface area (Å²) in [6, 6.07) is 0.907. The minimum absolute atomic E-state index is 0.136. The predicted molar refractivity (Wildman–Crippen MR) is 69.2 cm³/mol. The minimum atomic E-state index is -4.43. The molecule has 1 rings (SSSR count). The number of ether oxygens (including phenoxy) is 1. The Kier molecular flexibility index (Phi) is 5.33. The van der Waals surface area contributed by atoms with Crippen molar-refractivity contribution in [2.75, 3.05) is 18.1 Å². The molecule has 0 atom stereocenters. The monoisotopic (exact) mass is 348 g/mol. The van der Waals surface area contributed by atoms with E-state index in [4.69, 9.17) is 15.4 Å². The van der Waals surface area contributed by atoms with Gasteiger partial charge in [0, 0.05) is 22.5 Å². The van der Waals surface area contributed by atoms with E-state index in [-0.39, 0.29) is 5.75 Å². The highest BCUT2D eigenvalue weighted by Crippen LogP contribution is 2.30. The molecule has 20 heavy (non-hydrogen) atoms. The first-order chi connectivity index (χ1) is 9.07. The maximum atomic E-state index is 13.5. The second-order valence-corrected chi connectivity index (χ2v) is 8.74. The van der Waals surface area contributed by atoms with Gasteiger partial charge in [0.05, 0.1) is 5.75 Å². The molecule has 0 unspecified atom stereocenters. The van der Waals surface area contributed by atoms with Gasteiger partial charge in [0.1, 0.15) is 17.3 Å². The van der Waals surface area contributed by atoms with Crippen LogP contribution < -0.4 is 4.74 Å². The van der Waals surface area contributed by atoms with Gasteiger partial charge >= 0.3 is 0 Å². The lowest BCUT2D eigenvalue weighted by atomic mass is 10.3. The van der Waals surface area contributed by atoms with Crippen molar-refractivity contribution in [2.24, 2.45) is 0 Å². The highest BCUT2D eigenvalue weighted by Gasteiger charge is 2.23. The van der Waals surface area contributed by atoms with Gasteiger partial charge < -0.3 is 4.74 Å². The van der Waals surface area contributed by atoms with E-state index in [1.165, 1.54) is 6.92 Å². The van der Waals surface area contributed by atoms with E-state index in [1.54, 1.807) is 0 Å². The van der Waals surface area contributed by atoms with E-state index in [1.807, 2.05) is 0 Å². The smallest absolute Gasteiger partial charge is 0.265 e. The highest BCUT2D eigenvalue weighted by molar-refractivity contribution is 8.13. The summed E-state index contributed by atoms with van der Waals surface area (Å²) >= 11 is 0. The molecule has 0 N–H and O–H groups in total. The van der Waals surface area contributed by atoms with Crippen LogP contribution in [0.15, 0.2) is 17.0 Å². The molecule has 0 radical (unpaired) electrons. The zero-order valence-electron chi connectivity index (χ0n) is 10.3. The Morgan fingerprint density at radius 3 is 2.30 bits per heavy atom. The number of hydrogen-bond acceptors (Lipinski definition) is 5. The van der Waals surface area contributed by atoms with Gasteiger partial charge in [0.25, 0.3) is 9.05 Å². The first kappa shape index (κ1) is 17.1. The molecule has 0 saturated carbocycles. The molecule has 0 amide bonds. The van der Waals surface area contributed by atoms with Gasteiger partial charge in [-0.15, -0.1) is 0 Å². The largest absolute Gasteiger partial charge is 0.488 e. The topological polar surface area (TPSA) is 77.5 Å². The molecule has 10 heteroatoms. The molecule has 0 saturated heterocycles. The summed E-state index contributed by atoms with van der Waals surface area (Å²) in [7, 11) is -2.75. The predicted octanol–water partition coefficient (Wildman–Crippen LogP) is 1.71. The van der Waals surface area contributed by atoms with Crippen molar-refractivity contribution in [3.63, 3.8) is 0 Å². The first-order valence-corrected chi connectivity index (χ1v) is 9.47. The number of benzene rings is 1. The van der Waals surface area contributed by atoms with Crippen LogP contribution in [0.1, 0.15) is 6.92 Å². The van der Waals surface area contributed by atoms with Gasteiger partial charge in [0.2, 0.25) is 0 Å². The number of hydrogen-bond donors (Lipinski definition) is 0. The van der Waals surface area contributed by atoms with Crippen LogP contribution >= 0.6 is 10.7 Å². The van der Waals surface area contributed by atoms with E-state index in [0.29, 0.717) is 12.1 Å². The summed E-state index contributed by atoms with van der Waals surface area (Å²) < 4.78 is 76.2. The Morgan fingerprint density at radius 1 is 1.20 bits per heavy atom. The zero-order valence-corrected chi connectivity index (χ0v) is 12.7. The van der Waals surface area contributed by atoms with E-state index in [9.17, 15) is 25.6 Å². The molecule has 1 aromatic carbocycles. The Balaban J connectivity index is 3.07. The van der Waals surface area contributed by atoms with Crippen LogP contribution in [0.2, 0.25) is 0 Å². The molecule has 114 valence electrons. The summed E-state index contributed by atoms with van der Waals surface area (Å²) in [5.74, 6) is -3.79. The van der Waals surface area contributed by atoms with Crippen molar-refractivity contribution in [2.45, 2.75) is 11.8 Å². The zero-order chi connectivity index (χ0) is 15.6. The summed E-state index contributed by atoms with van der Waals surface area (Å²) in [4.78, 5) is -0.884. The summed E-state index contributed by atoms with van der Waals surface area (Å²) in [5, 5.41) is 0. The van der Waals surface area contributed by atoms with Gasteiger partial charge in [0.15, 0.2) is 21.4 Å². The Morgan fingerprint density at radius 2 is 1.80 bits per heavy atom. The molecular formula is C10H11ClF2O5S2. The molecule has 0 bridgehead atoms. The van der Waals surface area contributed by atoms with Gasteiger partial charge in [-0.3, -0.25) is 0 Å². The summed E-state index contributed by atoms with van der Waals surface area (Å²) in [6.07, 6.45) is 0. The third-order valence-corrected chi connectivity index (χ3v) is 5.31. The molecule has 1 aromatic rings. The van der Waals surface area contributed by atoms with Crippen molar-refractivity contribution >= 4 is 29.6 Å². The van der Waals surface area contributed by atoms with Crippen molar-refractivity contribution in [3.05, 3.63) is 23.8 Å². The number of sulfone groups is 1. The van der Waals surface area contributed by atoms with E-state index in [2.05, 4.69) is 0 Å². The number of rotatable bonds is 6. The van der Waals surface area contributed by atoms with Crippen LogP contribution in [0.5, 0.6) is 5.75 Å². The lowest BCUT2D eigenvalue weighted by Gasteiger charge is -2.10. The van der Waals surface area contributed by atoms with Crippen molar-refractivity contribution in [3.8, 4) is 5.75 Å². The molecule has 0 aromatic heterocycles. The standard InChI is InChI=1S/C10H11ClF2O5S2/c1-2-19(14,15)4-3-18-10-8(13)5-7(12)6-9(10)20(11,16)17/h5-6H,2-4H2,1H3. The summed E-state index contributed by atoms with van der Waals surface area (Å²) in [5.41, 5.74) is 0. The fraction of sp³-hybridized carbons (Fsp3) is 0.400.